The summed E-state index contributed by atoms with van der Waals surface area (Å²) in [5, 5.41) is 0. The van der Waals surface area contributed by atoms with Crippen LogP contribution in [0.5, 0.6) is 6.01 Å². The van der Waals surface area contributed by atoms with Gasteiger partial charge in [-0.05, 0) is 43.2 Å². The molecule has 0 N–H and O–H groups in total. The maximum absolute atomic E-state index is 12.7. The van der Waals surface area contributed by atoms with Crippen LogP contribution in [0.4, 0.5) is 13.2 Å². The van der Waals surface area contributed by atoms with E-state index in [1.807, 2.05) is 0 Å². The number of piperidine rings is 1. The van der Waals surface area contributed by atoms with E-state index in [9.17, 15) is 21.6 Å². The Morgan fingerprint density at radius 2 is 1.77 bits per heavy atom. The van der Waals surface area contributed by atoms with Crippen LogP contribution in [0.1, 0.15) is 18.4 Å². The van der Waals surface area contributed by atoms with Crippen LogP contribution in [0, 0.1) is 0 Å². The molecular weight excluding hydrogens is 371 g/mol. The molecule has 0 radical (unpaired) electrons. The minimum Gasteiger partial charge on any atom is -0.459 e. The average molecular weight is 387 g/mol. The van der Waals surface area contributed by atoms with Crippen molar-refractivity contribution in [3.05, 3.63) is 48.3 Å². The third-order valence-electron chi connectivity index (χ3n) is 3.97. The summed E-state index contributed by atoms with van der Waals surface area (Å²) in [6, 6.07) is 5.28. The predicted octanol–water partition coefficient (Wildman–Crippen LogP) is 2.73. The third-order valence-corrected chi connectivity index (χ3v) is 5.85. The predicted molar refractivity (Wildman–Crippen MR) is 85.9 cm³/mol. The molecule has 0 spiro atoms. The van der Waals surface area contributed by atoms with Gasteiger partial charge in [-0.25, -0.2) is 18.4 Å². The first kappa shape index (κ1) is 18.6. The van der Waals surface area contributed by atoms with Crippen molar-refractivity contribution in [2.45, 2.75) is 30.0 Å². The van der Waals surface area contributed by atoms with Gasteiger partial charge in [-0.1, -0.05) is 0 Å². The molecular formula is C16H16F3N3O3S. The zero-order valence-corrected chi connectivity index (χ0v) is 14.4. The Morgan fingerprint density at radius 1 is 1.12 bits per heavy atom. The Hall–Kier alpha value is -2.20. The molecule has 1 aromatic heterocycles. The average Bonchev–Trinajstić information content (AvgIpc) is 2.62. The summed E-state index contributed by atoms with van der Waals surface area (Å²) in [4.78, 5) is 7.71. The number of hydrogen-bond acceptors (Lipinski definition) is 5. The minimum atomic E-state index is -4.51. The van der Waals surface area contributed by atoms with Crippen LogP contribution in [0.25, 0.3) is 0 Å². The van der Waals surface area contributed by atoms with Crippen molar-refractivity contribution in [3.8, 4) is 6.01 Å². The molecule has 0 amide bonds. The van der Waals surface area contributed by atoms with Crippen LogP contribution in [0.15, 0.2) is 47.6 Å². The molecule has 0 saturated carbocycles. The molecule has 1 aliphatic heterocycles. The van der Waals surface area contributed by atoms with Crippen LogP contribution in [0.3, 0.4) is 0 Å². The van der Waals surface area contributed by atoms with Gasteiger partial charge in [0.15, 0.2) is 0 Å². The summed E-state index contributed by atoms with van der Waals surface area (Å²) >= 11 is 0. The molecule has 1 aliphatic rings. The van der Waals surface area contributed by atoms with E-state index < -0.39 is 27.9 Å². The van der Waals surface area contributed by atoms with Crippen molar-refractivity contribution >= 4 is 10.0 Å². The van der Waals surface area contributed by atoms with Crippen LogP contribution < -0.4 is 4.74 Å². The SMILES string of the molecule is O=S(=O)(c1ccc(C(F)(F)F)cc1)N1CCCC(Oc2ncccn2)C1. The summed E-state index contributed by atoms with van der Waals surface area (Å²) in [5.41, 5.74) is -0.891. The number of sulfonamides is 1. The lowest BCUT2D eigenvalue weighted by molar-refractivity contribution is -0.137. The highest BCUT2D eigenvalue weighted by molar-refractivity contribution is 7.89. The molecule has 1 saturated heterocycles. The third kappa shape index (κ3) is 4.13. The Kier molecular flexibility index (Phi) is 5.15. The topological polar surface area (TPSA) is 72.4 Å². The van der Waals surface area contributed by atoms with Crippen molar-refractivity contribution in [2.75, 3.05) is 13.1 Å². The summed E-state index contributed by atoms with van der Waals surface area (Å²) in [5.74, 6) is 0. The lowest BCUT2D eigenvalue weighted by Gasteiger charge is -2.31. The van der Waals surface area contributed by atoms with Gasteiger partial charge < -0.3 is 4.74 Å². The maximum Gasteiger partial charge on any atom is 0.416 e. The van der Waals surface area contributed by atoms with E-state index in [0.717, 1.165) is 24.3 Å². The van der Waals surface area contributed by atoms with Crippen molar-refractivity contribution in [2.24, 2.45) is 0 Å². The lowest BCUT2D eigenvalue weighted by Crippen LogP contribution is -2.44. The summed E-state index contributed by atoms with van der Waals surface area (Å²) < 4.78 is 70.1. The first-order chi connectivity index (χ1) is 12.3. The number of nitrogens with zero attached hydrogens (tertiary/aromatic N) is 3. The summed E-state index contributed by atoms with van der Waals surface area (Å²) in [6.45, 7) is 0.362. The fraction of sp³-hybridized carbons (Fsp3) is 0.375. The van der Waals surface area contributed by atoms with E-state index >= 15 is 0 Å². The normalized spacial score (nSPS) is 19.3. The van der Waals surface area contributed by atoms with E-state index in [0.29, 0.717) is 12.8 Å². The number of aromatic nitrogens is 2. The molecule has 140 valence electrons. The highest BCUT2D eigenvalue weighted by Gasteiger charge is 2.33. The van der Waals surface area contributed by atoms with Gasteiger partial charge in [0, 0.05) is 18.9 Å². The van der Waals surface area contributed by atoms with Crippen molar-refractivity contribution < 1.29 is 26.3 Å². The van der Waals surface area contributed by atoms with Crippen molar-refractivity contribution in [1.29, 1.82) is 0 Å². The van der Waals surface area contributed by atoms with Crippen LogP contribution >= 0.6 is 0 Å². The van der Waals surface area contributed by atoms with Crippen LogP contribution in [-0.2, 0) is 16.2 Å². The first-order valence-corrected chi connectivity index (χ1v) is 9.32. The standard InChI is InChI=1S/C16H16F3N3O3S/c17-16(18,19)12-4-6-14(7-5-12)26(23,24)22-10-1-3-13(11-22)25-15-20-8-2-9-21-15/h2,4-9,13H,1,3,10-11H2. The molecule has 2 heterocycles. The van der Waals surface area contributed by atoms with Crippen LogP contribution in [-0.4, -0.2) is 41.9 Å². The van der Waals surface area contributed by atoms with E-state index in [1.54, 1.807) is 6.07 Å². The fourth-order valence-corrected chi connectivity index (χ4v) is 4.19. The lowest BCUT2D eigenvalue weighted by atomic mass is 10.1. The number of rotatable bonds is 4. The Labute approximate surface area is 148 Å². The zero-order valence-electron chi connectivity index (χ0n) is 13.6. The summed E-state index contributed by atoms with van der Waals surface area (Å²) in [7, 11) is -3.90. The smallest absolute Gasteiger partial charge is 0.416 e. The number of alkyl halides is 3. The van der Waals surface area contributed by atoms with Gasteiger partial charge in [0.05, 0.1) is 17.0 Å². The number of hydrogen-bond donors (Lipinski definition) is 0. The van der Waals surface area contributed by atoms with Gasteiger partial charge in [0.1, 0.15) is 6.10 Å². The minimum absolute atomic E-state index is 0.0849. The molecule has 6 nitrogen and oxygen atoms in total. The molecule has 3 rings (SSSR count). The fourth-order valence-electron chi connectivity index (χ4n) is 2.68. The van der Waals surface area contributed by atoms with Gasteiger partial charge in [-0.3, -0.25) is 0 Å². The second-order valence-electron chi connectivity index (χ2n) is 5.80. The van der Waals surface area contributed by atoms with Gasteiger partial charge in [0.25, 0.3) is 0 Å². The van der Waals surface area contributed by atoms with Gasteiger partial charge >= 0.3 is 12.2 Å². The number of ether oxygens (including phenoxy) is 1. The molecule has 1 unspecified atom stereocenters. The van der Waals surface area contributed by atoms with E-state index in [2.05, 4.69) is 9.97 Å². The second-order valence-corrected chi connectivity index (χ2v) is 7.74. The monoisotopic (exact) mass is 387 g/mol. The first-order valence-electron chi connectivity index (χ1n) is 7.88. The molecule has 10 heteroatoms. The largest absolute Gasteiger partial charge is 0.459 e. The van der Waals surface area contributed by atoms with Gasteiger partial charge in [-0.15, -0.1) is 0 Å². The Balaban J connectivity index is 1.74. The van der Waals surface area contributed by atoms with E-state index in [-0.39, 0.29) is 24.0 Å². The van der Waals surface area contributed by atoms with Gasteiger partial charge in [-0.2, -0.15) is 17.5 Å². The molecule has 1 fully saturated rings. The van der Waals surface area contributed by atoms with E-state index in [1.165, 1.54) is 16.7 Å². The van der Waals surface area contributed by atoms with Gasteiger partial charge in [0.2, 0.25) is 10.0 Å². The van der Waals surface area contributed by atoms with Crippen LogP contribution in [0.2, 0.25) is 0 Å². The van der Waals surface area contributed by atoms with E-state index in [4.69, 9.17) is 4.74 Å². The Morgan fingerprint density at radius 3 is 2.38 bits per heavy atom. The Bertz CT molecular complexity index is 843. The number of benzene rings is 1. The second kappa shape index (κ2) is 7.20. The quantitative estimate of drug-likeness (QED) is 0.807. The molecule has 0 aliphatic carbocycles. The summed E-state index contributed by atoms with van der Waals surface area (Å²) in [6.07, 6.45) is -0.698. The van der Waals surface area contributed by atoms with Crippen molar-refractivity contribution in [3.63, 3.8) is 0 Å². The van der Waals surface area contributed by atoms with Crippen molar-refractivity contribution in [1.82, 2.24) is 14.3 Å². The molecule has 26 heavy (non-hydrogen) atoms. The highest BCUT2D eigenvalue weighted by Crippen LogP contribution is 2.30. The molecule has 0 bridgehead atoms. The number of halogens is 3. The molecule has 2 aromatic rings. The molecule has 1 aromatic carbocycles. The highest BCUT2D eigenvalue weighted by atomic mass is 32.2. The molecule has 1 atom stereocenters. The maximum atomic E-state index is 12.7. The zero-order chi connectivity index (χ0) is 18.8.